The van der Waals surface area contributed by atoms with Crippen molar-refractivity contribution in [2.45, 2.75) is 25.2 Å². The molecular weight excluding hydrogens is 310 g/mol. The second kappa shape index (κ2) is 5.66. The first-order valence-electron chi connectivity index (χ1n) is 7.42. The number of aromatic nitrogens is 1. The topological polar surface area (TPSA) is 56.1 Å². The van der Waals surface area contributed by atoms with Crippen molar-refractivity contribution in [1.29, 1.82) is 0 Å². The van der Waals surface area contributed by atoms with Crippen molar-refractivity contribution in [2.75, 3.05) is 0 Å². The maximum absolute atomic E-state index is 13.0. The highest BCUT2D eigenvalue weighted by atomic mass is 32.2. The van der Waals surface area contributed by atoms with Crippen LogP contribution in [0.15, 0.2) is 59.5 Å². The summed E-state index contributed by atoms with van der Waals surface area (Å²) in [5.74, 6) is -0.0549. The minimum absolute atomic E-state index is 0.0549. The lowest BCUT2D eigenvalue weighted by Crippen LogP contribution is -2.15. The Labute approximate surface area is 135 Å². The zero-order valence-electron chi connectivity index (χ0n) is 13.0. The van der Waals surface area contributed by atoms with E-state index in [9.17, 15) is 13.2 Å². The fourth-order valence-corrected chi connectivity index (χ4v) is 4.46. The van der Waals surface area contributed by atoms with Gasteiger partial charge in [-0.25, -0.2) is 12.4 Å². The van der Waals surface area contributed by atoms with Crippen LogP contribution in [-0.2, 0) is 10.0 Å². The van der Waals surface area contributed by atoms with E-state index in [-0.39, 0.29) is 10.7 Å². The maximum atomic E-state index is 13.0. The van der Waals surface area contributed by atoms with Gasteiger partial charge in [0.25, 0.3) is 10.0 Å². The molecule has 0 unspecified atom stereocenters. The summed E-state index contributed by atoms with van der Waals surface area (Å²) in [6.07, 6.45) is 0.334. The molecule has 0 aliphatic carbocycles. The lowest BCUT2D eigenvalue weighted by atomic mass is 10.1. The molecule has 118 valence electrons. The summed E-state index contributed by atoms with van der Waals surface area (Å²) in [6, 6.07) is 15.4. The predicted molar refractivity (Wildman–Crippen MR) is 90.3 cm³/mol. The van der Waals surface area contributed by atoms with Crippen molar-refractivity contribution >= 4 is 26.7 Å². The van der Waals surface area contributed by atoms with E-state index >= 15 is 0 Å². The molecule has 1 heterocycles. The van der Waals surface area contributed by atoms with Crippen molar-refractivity contribution in [3.05, 3.63) is 65.9 Å². The first-order valence-corrected chi connectivity index (χ1v) is 8.86. The Morgan fingerprint density at radius 3 is 2.26 bits per heavy atom. The highest BCUT2D eigenvalue weighted by Crippen LogP contribution is 2.30. The van der Waals surface area contributed by atoms with Gasteiger partial charge in [-0.15, -0.1) is 0 Å². The zero-order chi connectivity index (χ0) is 16.6. The van der Waals surface area contributed by atoms with Gasteiger partial charge in [-0.2, -0.15) is 0 Å². The van der Waals surface area contributed by atoms with Crippen LogP contribution in [0.1, 0.15) is 29.4 Å². The van der Waals surface area contributed by atoms with Crippen molar-refractivity contribution in [2.24, 2.45) is 0 Å². The van der Waals surface area contributed by atoms with E-state index in [0.717, 1.165) is 0 Å². The van der Waals surface area contributed by atoms with Gasteiger partial charge in [-0.05, 0) is 25.1 Å². The van der Waals surface area contributed by atoms with Crippen molar-refractivity contribution in [1.82, 2.24) is 3.97 Å². The molecule has 0 saturated heterocycles. The van der Waals surface area contributed by atoms with Gasteiger partial charge in [-0.3, -0.25) is 4.79 Å². The van der Waals surface area contributed by atoms with Crippen LogP contribution in [0.5, 0.6) is 0 Å². The lowest BCUT2D eigenvalue weighted by molar-refractivity contribution is 0.0989. The first kappa shape index (κ1) is 15.5. The number of nitrogens with zero attached hydrogens (tertiary/aromatic N) is 1. The van der Waals surface area contributed by atoms with Crippen LogP contribution in [-0.4, -0.2) is 18.2 Å². The highest BCUT2D eigenvalue weighted by Gasteiger charge is 2.26. The van der Waals surface area contributed by atoms with Gasteiger partial charge in [0, 0.05) is 23.1 Å². The second-order valence-electron chi connectivity index (χ2n) is 5.34. The molecular formula is C18H17NO3S. The largest absolute Gasteiger partial charge is 0.294 e. The van der Waals surface area contributed by atoms with Crippen LogP contribution < -0.4 is 0 Å². The summed E-state index contributed by atoms with van der Waals surface area (Å²) < 4.78 is 27.4. The average molecular weight is 327 g/mol. The summed E-state index contributed by atoms with van der Waals surface area (Å²) in [6.45, 7) is 3.46. The number of Topliss-reactive ketones (excluding diaryl/α,β-unsaturated/α-hetero) is 1. The number of para-hydroxylation sites is 1. The Hall–Kier alpha value is -2.40. The molecule has 0 atom stereocenters. The van der Waals surface area contributed by atoms with Crippen LogP contribution in [0.25, 0.3) is 10.9 Å². The van der Waals surface area contributed by atoms with Crippen LogP contribution in [0.3, 0.4) is 0 Å². The average Bonchev–Trinajstić information content (AvgIpc) is 2.87. The smallest absolute Gasteiger partial charge is 0.268 e. The molecule has 0 fully saturated rings. The van der Waals surface area contributed by atoms with E-state index in [1.165, 1.54) is 3.97 Å². The lowest BCUT2D eigenvalue weighted by Gasteiger charge is -2.10. The maximum Gasteiger partial charge on any atom is 0.268 e. The Kier molecular flexibility index (Phi) is 3.82. The third-order valence-corrected chi connectivity index (χ3v) is 5.76. The molecule has 3 rings (SSSR count). The summed E-state index contributed by atoms with van der Waals surface area (Å²) in [7, 11) is -3.75. The van der Waals surface area contributed by atoms with Gasteiger partial charge in [0.15, 0.2) is 5.78 Å². The van der Waals surface area contributed by atoms with Crippen LogP contribution in [0.4, 0.5) is 0 Å². The van der Waals surface area contributed by atoms with Crippen LogP contribution in [0, 0.1) is 6.92 Å². The fourth-order valence-electron chi connectivity index (χ4n) is 2.88. The highest BCUT2D eigenvalue weighted by molar-refractivity contribution is 7.90. The SMILES string of the molecule is CCC(=O)c1c(C)n(S(=O)(=O)c2ccccc2)c2ccccc12. The molecule has 0 aliphatic heterocycles. The normalized spacial score (nSPS) is 11.7. The first-order chi connectivity index (χ1) is 11.0. The van der Waals surface area contributed by atoms with E-state index in [1.807, 2.05) is 6.07 Å². The summed E-state index contributed by atoms with van der Waals surface area (Å²) in [4.78, 5) is 12.5. The van der Waals surface area contributed by atoms with E-state index in [1.54, 1.807) is 62.4 Å². The van der Waals surface area contributed by atoms with Gasteiger partial charge in [0.2, 0.25) is 0 Å². The van der Waals surface area contributed by atoms with Gasteiger partial charge in [-0.1, -0.05) is 43.3 Å². The quantitative estimate of drug-likeness (QED) is 0.685. The van der Waals surface area contributed by atoms with E-state index in [4.69, 9.17) is 0 Å². The number of fused-ring (bicyclic) bond motifs is 1. The summed E-state index contributed by atoms with van der Waals surface area (Å²) in [5.41, 5.74) is 1.48. The van der Waals surface area contributed by atoms with Gasteiger partial charge < -0.3 is 0 Å². The van der Waals surface area contributed by atoms with Crippen LogP contribution >= 0.6 is 0 Å². The van der Waals surface area contributed by atoms with Gasteiger partial charge in [0.1, 0.15) is 0 Å². The molecule has 0 bridgehead atoms. The molecule has 4 nitrogen and oxygen atoms in total. The standard InChI is InChI=1S/C18H17NO3S/c1-3-17(20)18-13(2)19(16-12-8-7-11-15(16)18)23(21,22)14-9-5-4-6-10-14/h4-12H,3H2,1-2H3. The third-order valence-electron chi connectivity index (χ3n) is 3.94. The molecule has 2 aromatic carbocycles. The van der Waals surface area contributed by atoms with Crippen LogP contribution in [0.2, 0.25) is 0 Å². The minimum atomic E-state index is -3.75. The molecule has 1 aromatic heterocycles. The van der Waals surface area contributed by atoms with E-state index in [2.05, 4.69) is 0 Å². The molecule has 23 heavy (non-hydrogen) atoms. The molecule has 0 spiro atoms. The van der Waals surface area contributed by atoms with Crippen molar-refractivity contribution in [3.63, 3.8) is 0 Å². The van der Waals surface area contributed by atoms with E-state index in [0.29, 0.717) is 28.6 Å². The van der Waals surface area contributed by atoms with Crippen molar-refractivity contribution in [3.8, 4) is 0 Å². The molecule has 5 heteroatoms. The second-order valence-corrected chi connectivity index (χ2v) is 7.12. The van der Waals surface area contributed by atoms with E-state index < -0.39 is 10.0 Å². The number of benzene rings is 2. The molecule has 0 aliphatic rings. The number of ketones is 1. The van der Waals surface area contributed by atoms with Gasteiger partial charge >= 0.3 is 0 Å². The van der Waals surface area contributed by atoms with Gasteiger partial charge in [0.05, 0.1) is 10.4 Å². The number of hydrogen-bond donors (Lipinski definition) is 0. The molecule has 0 N–H and O–H groups in total. The summed E-state index contributed by atoms with van der Waals surface area (Å²) >= 11 is 0. The fraction of sp³-hybridized carbons (Fsp3) is 0.167. The number of carbonyl (C=O) groups excluding carboxylic acids is 1. The Morgan fingerprint density at radius 2 is 1.61 bits per heavy atom. The molecule has 3 aromatic rings. The Morgan fingerprint density at radius 1 is 1.00 bits per heavy atom. The molecule has 0 radical (unpaired) electrons. The minimum Gasteiger partial charge on any atom is -0.294 e. The van der Waals surface area contributed by atoms with Crippen molar-refractivity contribution < 1.29 is 13.2 Å². The number of hydrogen-bond acceptors (Lipinski definition) is 3. The predicted octanol–water partition coefficient (Wildman–Crippen LogP) is 3.78. The monoisotopic (exact) mass is 327 g/mol. The third kappa shape index (κ3) is 2.37. The number of carbonyl (C=O) groups is 1. The molecule has 0 amide bonds. The Balaban J connectivity index is 2.40. The zero-order valence-corrected chi connectivity index (χ0v) is 13.8. The Bertz CT molecular complexity index is 986. The summed E-state index contributed by atoms with van der Waals surface area (Å²) in [5, 5.41) is 0.677. The molecule has 0 saturated carbocycles. The number of rotatable bonds is 4.